The number of para-hydroxylation sites is 1. The predicted molar refractivity (Wildman–Crippen MR) is 77.0 cm³/mol. The van der Waals surface area contributed by atoms with Gasteiger partial charge in [0.05, 0.1) is 5.71 Å². The molecule has 114 valence electrons. The molecule has 1 amide bonds. The van der Waals surface area contributed by atoms with Gasteiger partial charge in [-0.3, -0.25) is 9.78 Å². The van der Waals surface area contributed by atoms with Gasteiger partial charge >= 0.3 is 6.61 Å². The number of amides is 1. The lowest BCUT2D eigenvalue weighted by atomic mass is 10.1. The summed E-state index contributed by atoms with van der Waals surface area (Å²) in [5.74, 6) is -0.425. The number of carbonyl (C=O) groups excluding carboxylic acids is 1. The van der Waals surface area contributed by atoms with Crippen LogP contribution in [0.2, 0.25) is 0 Å². The van der Waals surface area contributed by atoms with Crippen LogP contribution in [0.1, 0.15) is 22.8 Å². The number of aromatic nitrogens is 1. The number of alkyl halides is 2. The van der Waals surface area contributed by atoms with Crippen molar-refractivity contribution in [1.82, 2.24) is 10.4 Å². The van der Waals surface area contributed by atoms with Crippen molar-refractivity contribution in [3.63, 3.8) is 0 Å². The standard InChI is InChI=1S/C15H13F2N3O2/c1-10(12-4-2-3-5-13(12)22-15(16)17)19-20-14(21)11-6-8-18-9-7-11/h2-9,15H,1H3,(H,20,21). The predicted octanol–water partition coefficient (Wildman–Crippen LogP) is 2.84. The molecule has 1 heterocycles. The minimum Gasteiger partial charge on any atom is -0.434 e. The normalized spacial score (nSPS) is 11.4. The first-order valence-corrected chi connectivity index (χ1v) is 6.37. The average Bonchev–Trinajstić information content (AvgIpc) is 2.53. The largest absolute Gasteiger partial charge is 0.434 e. The van der Waals surface area contributed by atoms with Crippen LogP contribution in [0.3, 0.4) is 0 Å². The third-order valence-electron chi connectivity index (χ3n) is 2.76. The number of benzene rings is 1. The zero-order valence-electron chi connectivity index (χ0n) is 11.7. The molecule has 0 saturated heterocycles. The van der Waals surface area contributed by atoms with Crippen LogP contribution in [0, 0.1) is 0 Å². The van der Waals surface area contributed by atoms with E-state index in [1.807, 2.05) is 0 Å². The highest BCUT2D eigenvalue weighted by molar-refractivity contribution is 6.02. The van der Waals surface area contributed by atoms with Crippen LogP contribution in [0.5, 0.6) is 5.75 Å². The molecule has 22 heavy (non-hydrogen) atoms. The summed E-state index contributed by atoms with van der Waals surface area (Å²) in [5, 5.41) is 3.91. The second-order valence-electron chi connectivity index (χ2n) is 4.25. The molecule has 1 N–H and O–H groups in total. The van der Waals surface area contributed by atoms with Gasteiger partial charge in [-0.2, -0.15) is 13.9 Å². The van der Waals surface area contributed by atoms with Crippen molar-refractivity contribution >= 4 is 11.6 Å². The summed E-state index contributed by atoms with van der Waals surface area (Å²) in [6, 6.07) is 9.30. The van der Waals surface area contributed by atoms with Crippen molar-refractivity contribution in [2.75, 3.05) is 0 Å². The number of hydrazone groups is 1. The molecule has 0 radical (unpaired) electrons. The van der Waals surface area contributed by atoms with Gasteiger partial charge in [0.15, 0.2) is 0 Å². The maximum Gasteiger partial charge on any atom is 0.387 e. The summed E-state index contributed by atoms with van der Waals surface area (Å²) in [5.41, 5.74) is 3.47. The topological polar surface area (TPSA) is 63.6 Å². The van der Waals surface area contributed by atoms with Crippen LogP contribution < -0.4 is 10.2 Å². The maximum atomic E-state index is 12.4. The Bertz CT molecular complexity index is 675. The van der Waals surface area contributed by atoms with E-state index in [-0.39, 0.29) is 5.75 Å². The molecule has 0 aliphatic rings. The fraction of sp³-hybridized carbons (Fsp3) is 0.133. The van der Waals surface area contributed by atoms with E-state index in [1.165, 1.54) is 30.6 Å². The molecule has 0 fully saturated rings. The van der Waals surface area contributed by atoms with Gasteiger partial charge in [0, 0.05) is 23.5 Å². The van der Waals surface area contributed by atoms with E-state index in [0.29, 0.717) is 16.8 Å². The van der Waals surface area contributed by atoms with Crippen molar-refractivity contribution < 1.29 is 18.3 Å². The smallest absolute Gasteiger partial charge is 0.387 e. The number of pyridine rings is 1. The van der Waals surface area contributed by atoms with Gasteiger partial charge in [0.25, 0.3) is 5.91 Å². The first kappa shape index (κ1) is 15.6. The third-order valence-corrected chi connectivity index (χ3v) is 2.76. The number of nitrogens with zero attached hydrogens (tertiary/aromatic N) is 2. The van der Waals surface area contributed by atoms with Crippen molar-refractivity contribution in [3.05, 3.63) is 59.9 Å². The molecular formula is C15H13F2N3O2. The Kier molecular flexibility index (Phi) is 5.13. The molecule has 1 aromatic heterocycles. The van der Waals surface area contributed by atoms with Crippen LogP contribution >= 0.6 is 0 Å². The average molecular weight is 305 g/mol. The maximum absolute atomic E-state index is 12.4. The van der Waals surface area contributed by atoms with E-state index in [4.69, 9.17) is 0 Å². The molecule has 0 unspecified atom stereocenters. The van der Waals surface area contributed by atoms with Crippen LogP contribution in [-0.4, -0.2) is 23.2 Å². The van der Waals surface area contributed by atoms with Gasteiger partial charge in [-0.15, -0.1) is 0 Å². The molecule has 0 saturated carbocycles. The summed E-state index contributed by atoms with van der Waals surface area (Å²) in [7, 11) is 0. The summed E-state index contributed by atoms with van der Waals surface area (Å²) in [6.45, 7) is -1.35. The number of halogens is 2. The Balaban J connectivity index is 2.14. The zero-order valence-corrected chi connectivity index (χ0v) is 11.7. The van der Waals surface area contributed by atoms with Gasteiger partial charge in [0.1, 0.15) is 5.75 Å². The highest BCUT2D eigenvalue weighted by Crippen LogP contribution is 2.20. The minimum absolute atomic E-state index is 0.00286. The van der Waals surface area contributed by atoms with Gasteiger partial charge in [-0.05, 0) is 31.2 Å². The highest BCUT2D eigenvalue weighted by Gasteiger charge is 2.11. The van der Waals surface area contributed by atoms with E-state index in [0.717, 1.165) is 0 Å². The van der Waals surface area contributed by atoms with Gasteiger partial charge in [-0.1, -0.05) is 12.1 Å². The number of ether oxygens (including phenoxy) is 1. The molecule has 2 rings (SSSR count). The Morgan fingerprint density at radius 2 is 1.91 bits per heavy atom. The fourth-order valence-electron chi connectivity index (χ4n) is 1.73. The van der Waals surface area contributed by atoms with E-state index in [2.05, 4.69) is 20.2 Å². The molecule has 0 aliphatic heterocycles. The molecule has 5 nitrogen and oxygen atoms in total. The first-order valence-electron chi connectivity index (χ1n) is 6.37. The lowest BCUT2D eigenvalue weighted by Crippen LogP contribution is -2.19. The lowest BCUT2D eigenvalue weighted by Gasteiger charge is -2.10. The summed E-state index contributed by atoms with van der Waals surface area (Å²) in [4.78, 5) is 15.7. The second-order valence-corrected chi connectivity index (χ2v) is 4.25. The van der Waals surface area contributed by atoms with Crippen molar-refractivity contribution in [2.45, 2.75) is 13.5 Å². The molecule has 0 bridgehead atoms. The molecule has 7 heteroatoms. The van der Waals surface area contributed by atoms with Crippen molar-refractivity contribution in [3.8, 4) is 5.75 Å². The summed E-state index contributed by atoms with van der Waals surface area (Å²) < 4.78 is 29.1. The van der Waals surface area contributed by atoms with E-state index < -0.39 is 12.5 Å². The summed E-state index contributed by atoms with van der Waals surface area (Å²) >= 11 is 0. The van der Waals surface area contributed by atoms with E-state index in [9.17, 15) is 13.6 Å². The lowest BCUT2D eigenvalue weighted by molar-refractivity contribution is -0.0499. The van der Waals surface area contributed by atoms with Crippen LogP contribution in [0.4, 0.5) is 8.78 Å². The van der Waals surface area contributed by atoms with Crippen LogP contribution in [0.25, 0.3) is 0 Å². The van der Waals surface area contributed by atoms with Crippen LogP contribution in [0.15, 0.2) is 53.9 Å². The number of hydrogen-bond acceptors (Lipinski definition) is 4. The third kappa shape index (κ3) is 4.08. The molecule has 2 aromatic rings. The second kappa shape index (κ2) is 7.26. The Hall–Kier alpha value is -2.83. The van der Waals surface area contributed by atoms with E-state index >= 15 is 0 Å². The summed E-state index contributed by atoms with van der Waals surface area (Å²) in [6.07, 6.45) is 2.97. The minimum atomic E-state index is -2.93. The Labute approximate surface area is 125 Å². The fourth-order valence-corrected chi connectivity index (χ4v) is 1.73. The van der Waals surface area contributed by atoms with Crippen LogP contribution in [-0.2, 0) is 0 Å². The van der Waals surface area contributed by atoms with Crippen molar-refractivity contribution in [1.29, 1.82) is 0 Å². The molecular weight excluding hydrogens is 292 g/mol. The van der Waals surface area contributed by atoms with Crippen molar-refractivity contribution in [2.24, 2.45) is 5.10 Å². The molecule has 0 aliphatic carbocycles. The number of nitrogens with one attached hydrogen (secondary N) is 1. The highest BCUT2D eigenvalue weighted by atomic mass is 19.3. The Morgan fingerprint density at radius 1 is 1.23 bits per heavy atom. The Morgan fingerprint density at radius 3 is 2.59 bits per heavy atom. The quantitative estimate of drug-likeness (QED) is 0.682. The number of rotatable bonds is 5. The number of carbonyl (C=O) groups is 1. The molecule has 1 aromatic carbocycles. The zero-order chi connectivity index (χ0) is 15.9. The molecule has 0 spiro atoms. The number of hydrogen-bond donors (Lipinski definition) is 1. The monoisotopic (exact) mass is 305 g/mol. The first-order chi connectivity index (χ1) is 10.6. The van der Waals surface area contributed by atoms with Gasteiger partial charge < -0.3 is 4.74 Å². The molecule has 0 atom stereocenters. The van der Waals surface area contributed by atoms with E-state index in [1.54, 1.807) is 25.1 Å². The van der Waals surface area contributed by atoms with Gasteiger partial charge in [-0.25, -0.2) is 5.43 Å². The SMILES string of the molecule is CC(=NNC(=O)c1ccncc1)c1ccccc1OC(F)F. The van der Waals surface area contributed by atoms with Gasteiger partial charge in [0.2, 0.25) is 0 Å².